The quantitative estimate of drug-likeness (QED) is 0.555. The molecule has 3 rings (SSSR count). The summed E-state index contributed by atoms with van der Waals surface area (Å²) < 4.78 is 26.6. The first-order valence-electron chi connectivity index (χ1n) is 11.3. The van der Waals surface area contributed by atoms with Gasteiger partial charge in [-0.1, -0.05) is 56.3 Å². The van der Waals surface area contributed by atoms with Crippen molar-refractivity contribution in [3.05, 3.63) is 71.8 Å². The van der Waals surface area contributed by atoms with E-state index in [1.165, 1.54) is 28.8 Å². The summed E-state index contributed by atoms with van der Waals surface area (Å²) in [6.07, 6.45) is 5.59. The van der Waals surface area contributed by atoms with Crippen LogP contribution in [0.4, 0.5) is 0 Å². The summed E-state index contributed by atoms with van der Waals surface area (Å²) in [7, 11) is -3.48. The van der Waals surface area contributed by atoms with E-state index in [0.717, 1.165) is 18.7 Å². The molecule has 7 heteroatoms. The highest BCUT2D eigenvalue weighted by Gasteiger charge is 2.23. The number of benzene rings is 2. The maximum absolute atomic E-state index is 12.6. The zero-order valence-electron chi connectivity index (χ0n) is 18.9. The molecular weight excluding hydrogens is 422 g/mol. The van der Waals surface area contributed by atoms with Gasteiger partial charge in [0, 0.05) is 25.7 Å². The molecule has 0 radical (unpaired) electrons. The van der Waals surface area contributed by atoms with Crippen molar-refractivity contribution in [3.8, 4) is 0 Å². The standard InChI is InChI=1S/C25H33N3O3S/c1-3-28(4-2)32(30,31)23-15-12-21(13-16-23)14-17-25(29)26-20-24(27-18-8-9-19-27)22-10-6-5-7-11-22/h5-7,10-17,24H,3-4,8-9,18-20H2,1-2H3,(H,26,29)/b17-14+. The van der Waals surface area contributed by atoms with Gasteiger partial charge in [-0.3, -0.25) is 9.69 Å². The molecule has 1 aliphatic heterocycles. The van der Waals surface area contributed by atoms with Gasteiger partial charge in [0.1, 0.15) is 0 Å². The number of amides is 1. The predicted octanol–water partition coefficient (Wildman–Crippen LogP) is 3.68. The Kier molecular flexibility index (Phi) is 8.61. The Morgan fingerprint density at radius 3 is 2.25 bits per heavy atom. The molecule has 0 aliphatic carbocycles. The lowest BCUT2D eigenvalue weighted by Crippen LogP contribution is -2.36. The van der Waals surface area contributed by atoms with Crippen LogP contribution in [-0.4, -0.2) is 56.3 Å². The Morgan fingerprint density at radius 2 is 1.66 bits per heavy atom. The number of hydrogen-bond donors (Lipinski definition) is 1. The number of hydrogen-bond acceptors (Lipinski definition) is 4. The molecule has 1 aliphatic rings. The van der Waals surface area contributed by atoms with Crippen LogP contribution < -0.4 is 5.32 Å². The van der Waals surface area contributed by atoms with Crippen LogP contribution in [0.15, 0.2) is 65.6 Å². The zero-order chi connectivity index (χ0) is 23.0. The Morgan fingerprint density at radius 1 is 1.03 bits per heavy atom. The molecule has 0 saturated carbocycles. The minimum Gasteiger partial charge on any atom is -0.351 e. The fourth-order valence-electron chi connectivity index (χ4n) is 4.08. The molecule has 6 nitrogen and oxygen atoms in total. The van der Waals surface area contributed by atoms with Crippen molar-refractivity contribution in [1.29, 1.82) is 0 Å². The van der Waals surface area contributed by atoms with Crippen LogP contribution >= 0.6 is 0 Å². The van der Waals surface area contributed by atoms with Crippen molar-refractivity contribution >= 4 is 22.0 Å². The molecule has 0 spiro atoms. The molecule has 1 saturated heterocycles. The van der Waals surface area contributed by atoms with Crippen LogP contribution in [0.5, 0.6) is 0 Å². The van der Waals surface area contributed by atoms with Crippen LogP contribution in [0.25, 0.3) is 6.08 Å². The molecule has 0 bridgehead atoms. The first-order chi connectivity index (χ1) is 15.5. The fraction of sp³-hybridized carbons (Fsp3) is 0.400. The molecular formula is C25H33N3O3S. The summed E-state index contributed by atoms with van der Waals surface area (Å²) >= 11 is 0. The topological polar surface area (TPSA) is 69.7 Å². The summed E-state index contributed by atoms with van der Waals surface area (Å²) in [5.41, 5.74) is 1.99. The largest absolute Gasteiger partial charge is 0.351 e. The monoisotopic (exact) mass is 455 g/mol. The van der Waals surface area contributed by atoms with E-state index in [0.29, 0.717) is 19.6 Å². The summed E-state index contributed by atoms with van der Waals surface area (Å²) in [5.74, 6) is -0.162. The van der Waals surface area contributed by atoms with Gasteiger partial charge in [-0.25, -0.2) is 8.42 Å². The van der Waals surface area contributed by atoms with Gasteiger partial charge in [-0.15, -0.1) is 0 Å². The van der Waals surface area contributed by atoms with Crippen LogP contribution in [0.1, 0.15) is 43.9 Å². The molecule has 1 fully saturated rings. The second-order valence-corrected chi connectivity index (χ2v) is 9.84. The molecule has 172 valence electrons. The summed E-state index contributed by atoms with van der Waals surface area (Å²) in [6.45, 7) is 7.16. The van der Waals surface area contributed by atoms with Gasteiger partial charge in [0.2, 0.25) is 15.9 Å². The Balaban J connectivity index is 1.61. The number of sulfonamides is 1. The lowest BCUT2D eigenvalue weighted by atomic mass is 10.1. The van der Waals surface area contributed by atoms with E-state index >= 15 is 0 Å². The van der Waals surface area contributed by atoms with Crippen LogP contribution in [0.2, 0.25) is 0 Å². The third-order valence-electron chi connectivity index (χ3n) is 5.89. The second kappa shape index (κ2) is 11.4. The Bertz CT molecular complexity index is 994. The number of likely N-dealkylation sites (tertiary alicyclic amines) is 1. The number of nitrogens with one attached hydrogen (secondary N) is 1. The summed E-state index contributed by atoms with van der Waals surface area (Å²) in [4.78, 5) is 15.1. The molecule has 1 heterocycles. The first-order valence-corrected chi connectivity index (χ1v) is 12.7. The molecule has 2 aromatic carbocycles. The van der Waals surface area contributed by atoms with Crippen LogP contribution in [0, 0.1) is 0 Å². The van der Waals surface area contributed by atoms with E-state index in [9.17, 15) is 13.2 Å². The molecule has 1 amide bonds. The molecule has 1 atom stereocenters. The van der Waals surface area contributed by atoms with Crippen LogP contribution in [-0.2, 0) is 14.8 Å². The third-order valence-corrected chi connectivity index (χ3v) is 7.95. The van der Waals surface area contributed by atoms with Crippen molar-refractivity contribution in [2.75, 3.05) is 32.7 Å². The zero-order valence-corrected chi connectivity index (χ0v) is 19.7. The van der Waals surface area contributed by atoms with E-state index in [4.69, 9.17) is 0 Å². The molecule has 1 unspecified atom stereocenters. The van der Waals surface area contributed by atoms with E-state index in [-0.39, 0.29) is 16.8 Å². The van der Waals surface area contributed by atoms with Gasteiger partial charge in [-0.05, 0) is 55.3 Å². The minimum atomic E-state index is -3.48. The number of nitrogens with zero attached hydrogens (tertiary/aromatic N) is 2. The highest BCUT2D eigenvalue weighted by molar-refractivity contribution is 7.89. The van der Waals surface area contributed by atoms with Crippen molar-refractivity contribution in [2.24, 2.45) is 0 Å². The van der Waals surface area contributed by atoms with E-state index in [1.807, 2.05) is 32.0 Å². The van der Waals surface area contributed by atoms with Gasteiger partial charge >= 0.3 is 0 Å². The van der Waals surface area contributed by atoms with E-state index < -0.39 is 10.0 Å². The fourth-order valence-corrected chi connectivity index (χ4v) is 5.54. The van der Waals surface area contributed by atoms with Gasteiger partial charge in [0.15, 0.2) is 0 Å². The van der Waals surface area contributed by atoms with Gasteiger partial charge < -0.3 is 5.32 Å². The van der Waals surface area contributed by atoms with Gasteiger partial charge in [0.25, 0.3) is 0 Å². The first kappa shape index (κ1) is 24.2. The maximum atomic E-state index is 12.6. The normalized spacial score (nSPS) is 16.0. The smallest absolute Gasteiger partial charge is 0.244 e. The third kappa shape index (κ3) is 6.06. The van der Waals surface area contributed by atoms with Crippen LogP contribution in [0.3, 0.4) is 0 Å². The molecule has 32 heavy (non-hydrogen) atoms. The highest BCUT2D eigenvalue weighted by Crippen LogP contribution is 2.24. The van der Waals surface area contributed by atoms with Crippen molar-refractivity contribution in [1.82, 2.24) is 14.5 Å². The Labute approximate surface area is 192 Å². The van der Waals surface area contributed by atoms with Gasteiger partial charge in [0.05, 0.1) is 10.9 Å². The second-order valence-electron chi connectivity index (χ2n) is 7.91. The average Bonchev–Trinajstić information content (AvgIpc) is 3.34. The molecule has 0 aromatic heterocycles. The van der Waals surface area contributed by atoms with Gasteiger partial charge in [-0.2, -0.15) is 4.31 Å². The summed E-state index contributed by atoms with van der Waals surface area (Å²) in [5, 5.41) is 3.02. The summed E-state index contributed by atoms with van der Waals surface area (Å²) in [6, 6.07) is 17.1. The average molecular weight is 456 g/mol. The maximum Gasteiger partial charge on any atom is 0.244 e. The van der Waals surface area contributed by atoms with E-state index in [1.54, 1.807) is 30.3 Å². The van der Waals surface area contributed by atoms with Crippen molar-refractivity contribution < 1.29 is 13.2 Å². The SMILES string of the molecule is CCN(CC)S(=O)(=O)c1ccc(/C=C/C(=O)NCC(c2ccccc2)N2CCCC2)cc1. The Hall–Kier alpha value is -2.48. The predicted molar refractivity (Wildman–Crippen MR) is 129 cm³/mol. The van der Waals surface area contributed by atoms with E-state index in [2.05, 4.69) is 22.3 Å². The molecule has 1 N–H and O–H groups in total. The number of rotatable bonds is 10. The number of carbonyl (C=O) groups is 1. The number of carbonyl (C=O) groups excluding carboxylic acids is 1. The highest BCUT2D eigenvalue weighted by atomic mass is 32.2. The lowest BCUT2D eigenvalue weighted by molar-refractivity contribution is -0.116. The van der Waals surface area contributed by atoms with Crippen molar-refractivity contribution in [2.45, 2.75) is 37.6 Å². The minimum absolute atomic E-state index is 0.162. The van der Waals surface area contributed by atoms with Crippen molar-refractivity contribution in [3.63, 3.8) is 0 Å². The molecule has 2 aromatic rings. The lowest BCUT2D eigenvalue weighted by Gasteiger charge is -2.28.